The van der Waals surface area contributed by atoms with E-state index in [-0.39, 0.29) is 16.3 Å². The number of rotatable bonds is 3. The number of phenolic OH excluding ortho intramolecular Hbond substituents is 1. The zero-order chi connectivity index (χ0) is 15.8. The molecule has 8 nitrogen and oxygen atoms in total. The van der Waals surface area contributed by atoms with Crippen molar-refractivity contribution in [3.05, 3.63) is 35.8 Å². The van der Waals surface area contributed by atoms with E-state index in [1.807, 2.05) is 0 Å². The number of carbonyl (C=O) groups excluding carboxylic acids is 1. The summed E-state index contributed by atoms with van der Waals surface area (Å²) in [6.07, 6.45) is 1.12. The minimum Gasteiger partial charge on any atom is -0.507 e. The van der Waals surface area contributed by atoms with E-state index in [4.69, 9.17) is 5.14 Å². The fourth-order valence-electron chi connectivity index (χ4n) is 1.63. The number of aromatic hydroxyl groups is 1. The van der Waals surface area contributed by atoms with Crippen molar-refractivity contribution in [1.29, 1.82) is 0 Å². The largest absolute Gasteiger partial charge is 0.507 e. The van der Waals surface area contributed by atoms with Gasteiger partial charge in [0.25, 0.3) is 5.91 Å². The third-order valence-electron chi connectivity index (χ3n) is 2.54. The Labute approximate surface area is 119 Å². The lowest BCUT2D eigenvalue weighted by Crippen LogP contribution is -2.18. The first-order chi connectivity index (χ1) is 9.68. The predicted octanol–water partition coefficient (Wildman–Crippen LogP) is 0.164. The van der Waals surface area contributed by atoms with Gasteiger partial charge in [0.2, 0.25) is 10.0 Å². The number of phenols is 1. The monoisotopic (exact) mass is 314 g/mol. The predicted molar refractivity (Wildman–Crippen MR) is 70.6 cm³/mol. The van der Waals surface area contributed by atoms with E-state index in [1.165, 1.54) is 7.05 Å². The van der Waals surface area contributed by atoms with Crippen LogP contribution in [0.1, 0.15) is 10.4 Å². The highest BCUT2D eigenvalue weighted by Gasteiger charge is 2.21. The zero-order valence-electron chi connectivity index (χ0n) is 10.7. The van der Waals surface area contributed by atoms with Crippen molar-refractivity contribution < 1.29 is 22.7 Å². The van der Waals surface area contributed by atoms with Gasteiger partial charge in [-0.15, -0.1) is 0 Å². The third kappa shape index (κ3) is 3.17. The molecule has 21 heavy (non-hydrogen) atoms. The maximum atomic E-state index is 12.9. The number of anilines is 1. The van der Waals surface area contributed by atoms with Gasteiger partial charge in [0, 0.05) is 19.3 Å². The van der Waals surface area contributed by atoms with Gasteiger partial charge in [-0.05, 0) is 12.1 Å². The van der Waals surface area contributed by atoms with Gasteiger partial charge in [-0.2, -0.15) is 5.10 Å². The number of aryl methyl sites for hydroxylation is 1. The quantitative estimate of drug-likeness (QED) is 0.744. The highest BCUT2D eigenvalue weighted by Crippen LogP contribution is 2.22. The Morgan fingerprint density at radius 1 is 1.48 bits per heavy atom. The van der Waals surface area contributed by atoms with Crippen LogP contribution >= 0.6 is 0 Å². The molecule has 0 fully saturated rings. The summed E-state index contributed by atoms with van der Waals surface area (Å²) in [6, 6.07) is 2.79. The van der Waals surface area contributed by atoms with E-state index in [0.717, 1.165) is 29.1 Å². The highest BCUT2D eigenvalue weighted by atomic mass is 32.2. The molecule has 4 N–H and O–H groups in total. The Hall–Kier alpha value is -2.46. The van der Waals surface area contributed by atoms with Gasteiger partial charge < -0.3 is 10.4 Å². The van der Waals surface area contributed by atoms with Gasteiger partial charge in [0.15, 0.2) is 5.82 Å². The van der Waals surface area contributed by atoms with Crippen molar-refractivity contribution in [2.75, 3.05) is 5.32 Å². The van der Waals surface area contributed by atoms with E-state index in [2.05, 4.69) is 10.4 Å². The van der Waals surface area contributed by atoms with Gasteiger partial charge in [-0.1, -0.05) is 0 Å². The molecule has 0 aliphatic heterocycles. The van der Waals surface area contributed by atoms with Gasteiger partial charge >= 0.3 is 0 Å². The van der Waals surface area contributed by atoms with Crippen molar-refractivity contribution in [2.45, 2.75) is 4.90 Å². The lowest BCUT2D eigenvalue weighted by Gasteiger charge is -2.05. The first kappa shape index (κ1) is 14.9. The van der Waals surface area contributed by atoms with E-state index < -0.39 is 27.5 Å². The van der Waals surface area contributed by atoms with Crippen molar-refractivity contribution in [3.63, 3.8) is 0 Å². The van der Waals surface area contributed by atoms with Crippen LogP contribution in [0.5, 0.6) is 5.75 Å². The normalized spacial score (nSPS) is 11.4. The molecule has 1 aromatic heterocycles. The van der Waals surface area contributed by atoms with Crippen LogP contribution in [0.15, 0.2) is 29.3 Å². The first-order valence-electron chi connectivity index (χ1n) is 5.55. The van der Waals surface area contributed by atoms with Crippen LogP contribution in [0.3, 0.4) is 0 Å². The topological polar surface area (TPSA) is 127 Å². The summed E-state index contributed by atoms with van der Waals surface area (Å²) in [6.45, 7) is 0. The number of carbonyl (C=O) groups is 1. The smallest absolute Gasteiger partial charge is 0.260 e. The number of nitrogens with one attached hydrogen (secondary N) is 1. The van der Waals surface area contributed by atoms with Crippen LogP contribution < -0.4 is 10.5 Å². The van der Waals surface area contributed by atoms with Crippen LogP contribution in [-0.2, 0) is 17.1 Å². The molecule has 0 spiro atoms. The van der Waals surface area contributed by atoms with Crippen molar-refractivity contribution in [1.82, 2.24) is 9.78 Å². The minimum atomic E-state index is -4.08. The van der Waals surface area contributed by atoms with E-state index >= 15 is 0 Å². The lowest BCUT2D eigenvalue weighted by molar-refractivity contribution is 0.102. The average Bonchev–Trinajstić information content (AvgIpc) is 2.69. The zero-order valence-corrected chi connectivity index (χ0v) is 11.6. The first-order valence-corrected chi connectivity index (χ1v) is 7.09. The molecule has 2 rings (SSSR count). The number of aromatic nitrogens is 2. The molecule has 0 atom stereocenters. The minimum absolute atomic E-state index is 0.234. The van der Waals surface area contributed by atoms with Crippen molar-refractivity contribution in [3.8, 4) is 5.75 Å². The van der Waals surface area contributed by atoms with E-state index in [0.29, 0.717) is 0 Å². The second-order valence-corrected chi connectivity index (χ2v) is 5.71. The molecule has 0 radical (unpaired) electrons. The SMILES string of the molecule is Cn1cc(S(N)(=O)=O)c(NC(=O)c2ccc(F)cc2O)n1. The van der Waals surface area contributed by atoms with Gasteiger partial charge in [0.05, 0.1) is 5.56 Å². The molecule has 10 heteroatoms. The third-order valence-corrected chi connectivity index (χ3v) is 3.45. The van der Waals surface area contributed by atoms with Crippen LogP contribution in [-0.4, -0.2) is 29.2 Å². The molecule has 1 amide bonds. The Kier molecular flexibility index (Phi) is 3.66. The van der Waals surface area contributed by atoms with Crippen LogP contribution in [0.25, 0.3) is 0 Å². The van der Waals surface area contributed by atoms with Crippen LogP contribution in [0, 0.1) is 5.82 Å². The Bertz CT molecular complexity index is 816. The number of primary sulfonamides is 1. The van der Waals surface area contributed by atoms with Gasteiger partial charge in [-0.25, -0.2) is 17.9 Å². The van der Waals surface area contributed by atoms with E-state index in [1.54, 1.807) is 0 Å². The maximum absolute atomic E-state index is 12.9. The van der Waals surface area contributed by atoms with E-state index in [9.17, 15) is 22.7 Å². The average molecular weight is 314 g/mol. The maximum Gasteiger partial charge on any atom is 0.260 e. The molecule has 112 valence electrons. The number of halogens is 1. The number of benzene rings is 1. The number of hydrogen-bond acceptors (Lipinski definition) is 5. The molecule has 0 aliphatic carbocycles. The number of hydrogen-bond donors (Lipinski definition) is 3. The second-order valence-electron chi connectivity index (χ2n) is 4.18. The van der Waals surface area contributed by atoms with Crippen LogP contribution in [0.4, 0.5) is 10.2 Å². The number of nitrogens with two attached hydrogens (primary N) is 1. The number of sulfonamides is 1. The molecular formula is C11H11FN4O4S. The van der Waals surface area contributed by atoms with Gasteiger partial charge in [-0.3, -0.25) is 9.48 Å². The summed E-state index contributed by atoms with van der Waals surface area (Å²) in [7, 11) is -2.63. The molecule has 0 saturated carbocycles. The number of nitrogens with zero attached hydrogens (tertiary/aromatic N) is 2. The molecule has 0 aliphatic rings. The molecule has 2 aromatic rings. The summed E-state index contributed by atoms with van der Waals surface area (Å²) in [5.41, 5.74) is -0.234. The Morgan fingerprint density at radius 3 is 2.71 bits per heavy atom. The molecule has 0 bridgehead atoms. The summed E-state index contributed by atoms with van der Waals surface area (Å²) < 4.78 is 36.8. The van der Waals surface area contributed by atoms with Crippen molar-refractivity contribution >= 4 is 21.7 Å². The molecule has 1 heterocycles. The molecular weight excluding hydrogens is 303 g/mol. The fraction of sp³-hybridized carbons (Fsp3) is 0.0909. The fourth-order valence-corrected chi connectivity index (χ4v) is 2.29. The summed E-state index contributed by atoms with van der Waals surface area (Å²) in [5.74, 6) is -2.43. The Balaban J connectivity index is 2.36. The summed E-state index contributed by atoms with van der Waals surface area (Å²) >= 11 is 0. The van der Waals surface area contributed by atoms with Crippen LogP contribution in [0.2, 0.25) is 0 Å². The molecule has 1 aromatic carbocycles. The second kappa shape index (κ2) is 5.14. The Morgan fingerprint density at radius 2 is 2.14 bits per heavy atom. The standard InChI is InChI=1S/C11H11FN4O4S/c1-16-5-9(21(13,19)20)10(15-16)14-11(18)7-3-2-6(12)4-8(7)17/h2-5,17H,1H3,(H2,13,19,20)(H,14,15,18). The molecule has 0 saturated heterocycles. The summed E-state index contributed by atoms with van der Waals surface area (Å²) in [5, 5.41) is 20.5. The molecule has 0 unspecified atom stereocenters. The highest BCUT2D eigenvalue weighted by molar-refractivity contribution is 7.89. The van der Waals surface area contributed by atoms with Crippen molar-refractivity contribution in [2.24, 2.45) is 12.2 Å². The number of amides is 1. The van der Waals surface area contributed by atoms with Gasteiger partial charge in [0.1, 0.15) is 16.5 Å². The lowest BCUT2D eigenvalue weighted by atomic mass is 10.2. The summed E-state index contributed by atoms with van der Waals surface area (Å²) in [4.78, 5) is 11.6.